The van der Waals surface area contributed by atoms with E-state index in [4.69, 9.17) is 5.11 Å². The van der Waals surface area contributed by atoms with Gasteiger partial charge < -0.3 is 15.5 Å². The summed E-state index contributed by atoms with van der Waals surface area (Å²) in [5.74, 6) is -0.248. The standard InChI is InChI=1S/C6H12N2O3/c1-7-6(11)4-5(10)3(2-9)8-4/h3-5,8-10H,2H2,1H3,(H,7,11)/t3-,4-,5-/m1/s1. The zero-order valence-electron chi connectivity index (χ0n) is 6.24. The van der Waals surface area contributed by atoms with E-state index < -0.39 is 12.1 Å². The van der Waals surface area contributed by atoms with E-state index in [-0.39, 0.29) is 18.6 Å². The average Bonchev–Trinajstić information content (AvgIpc) is 2.02. The van der Waals surface area contributed by atoms with E-state index in [1.807, 2.05) is 0 Å². The minimum Gasteiger partial charge on any atom is -0.395 e. The lowest BCUT2D eigenvalue weighted by atomic mass is 9.93. The van der Waals surface area contributed by atoms with Crippen LogP contribution in [0.4, 0.5) is 0 Å². The van der Waals surface area contributed by atoms with Gasteiger partial charge in [-0.15, -0.1) is 0 Å². The summed E-state index contributed by atoms with van der Waals surface area (Å²) in [6.45, 7) is -0.144. The molecular formula is C6H12N2O3. The van der Waals surface area contributed by atoms with Gasteiger partial charge in [-0.1, -0.05) is 0 Å². The summed E-state index contributed by atoms with van der Waals surface area (Å²) in [6.07, 6.45) is -0.764. The van der Waals surface area contributed by atoms with Crippen molar-refractivity contribution < 1.29 is 15.0 Å². The van der Waals surface area contributed by atoms with Crippen LogP contribution in [-0.4, -0.2) is 48.0 Å². The van der Waals surface area contributed by atoms with Gasteiger partial charge in [-0.3, -0.25) is 10.1 Å². The van der Waals surface area contributed by atoms with E-state index in [0.717, 1.165) is 0 Å². The van der Waals surface area contributed by atoms with E-state index in [1.165, 1.54) is 7.05 Å². The number of hydrogen-bond donors (Lipinski definition) is 4. The Kier molecular flexibility index (Phi) is 2.43. The van der Waals surface area contributed by atoms with Crippen LogP contribution in [0.15, 0.2) is 0 Å². The number of hydrogen-bond acceptors (Lipinski definition) is 4. The molecule has 0 unspecified atom stereocenters. The fraction of sp³-hybridized carbons (Fsp3) is 0.833. The first-order valence-corrected chi connectivity index (χ1v) is 3.47. The molecule has 0 aliphatic carbocycles. The molecule has 4 N–H and O–H groups in total. The zero-order valence-corrected chi connectivity index (χ0v) is 6.24. The highest BCUT2D eigenvalue weighted by molar-refractivity contribution is 5.83. The number of likely N-dealkylation sites (N-methyl/N-ethyl adjacent to an activating group) is 1. The summed E-state index contributed by atoms with van der Waals surface area (Å²) in [5.41, 5.74) is 0. The largest absolute Gasteiger partial charge is 0.395 e. The highest BCUT2D eigenvalue weighted by Gasteiger charge is 2.42. The first-order chi connectivity index (χ1) is 5.20. The molecule has 1 amide bonds. The van der Waals surface area contributed by atoms with Crippen LogP contribution in [0.1, 0.15) is 0 Å². The summed E-state index contributed by atoms with van der Waals surface area (Å²) >= 11 is 0. The lowest BCUT2D eigenvalue weighted by Gasteiger charge is -2.40. The van der Waals surface area contributed by atoms with Crippen molar-refractivity contribution in [1.82, 2.24) is 10.6 Å². The van der Waals surface area contributed by atoms with Crippen molar-refractivity contribution in [2.24, 2.45) is 0 Å². The van der Waals surface area contributed by atoms with Gasteiger partial charge in [0.1, 0.15) is 6.04 Å². The minimum atomic E-state index is -0.764. The van der Waals surface area contributed by atoms with Gasteiger partial charge in [-0.05, 0) is 0 Å². The molecule has 3 atom stereocenters. The van der Waals surface area contributed by atoms with Crippen molar-refractivity contribution in [3.05, 3.63) is 0 Å². The average molecular weight is 160 g/mol. The molecular weight excluding hydrogens is 148 g/mol. The van der Waals surface area contributed by atoms with Gasteiger partial charge in [0.25, 0.3) is 0 Å². The van der Waals surface area contributed by atoms with Crippen molar-refractivity contribution in [3.63, 3.8) is 0 Å². The predicted molar refractivity (Wildman–Crippen MR) is 37.9 cm³/mol. The van der Waals surface area contributed by atoms with Crippen LogP contribution in [0.25, 0.3) is 0 Å². The van der Waals surface area contributed by atoms with Crippen LogP contribution in [0.2, 0.25) is 0 Å². The van der Waals surface area contributed by atoms with Crippen LogP contribution in [-0.2, 0) is 4.79 Å². The molecule has 1 aliphatic rings. The van der Waals surface area contributed by atoms with Gasteiger partial charge in [-0.2, -0.15) is 0 Å². The maximum atomic E-state index is 10.9. The molecule has 1 fully saturated rings. The van der Waals surface area contributed by atoms with Gasteiger partial charge in [0.05, 0.1) is 18.8 Å². The van der Waals surface area contributed by atoms with Crippen LogP contribution in [0.3, 0.4) is 0 Å². The summed E-state index contributed by atoms with van der Waals surface area (Å²) in [4.78, 5) is 10.9. The fourth-order valence-corrected chi connectivity index (χ4v) is 1.09. The second kappa shape index (κ2) is 3.17. The monoisotopic (exact) mass is 160 g/mol. The van der Waals surface area contributed by atoms with E-state index in [1.54, 1.807) is 0 Å². The molecule has 64 valence electrons. The highest BCUT2D eigenvalue weighted by atomic mass is 16.3. The Labute approximate surface area is 64.4 Å². The summed E-state index contributed by atoms with van der Waals surface area (Å²) in [7, 11) is 1.50. The molecule has 5 nitrogen and oxygen atoms in total. The van der Waals surface area contributed by atoms with Gasteiger partial charge in [0.2, 0.25) is 5.91 Å². The van der Waals surface area contributed by atoms with Crippen molar-refractivity contribution in [2.75, 3.05) is 13.7 Å². The van der Waals surface area contributed by atoms with E-state index in [0.29, 0.717) is 0 Å². The van der Waals surface area contributed by atoms with E-state index >= 15 is 0 Å². The number of aliphatic hydroxyl groups is 2. The summed E-state index contributed by atoms with van der Waals surface area (Å²) in [6, 6.07) is -0.908. The number of rotatable bonds is 2. The molecule has 1 aliphatic heterocycles. The minimum absolute atomic E-state index is 0.144. The first kappa shape index (κ1) is 8.45. The molecule has 0 saturated carbocycles. The Morgan fingerprint density at radius 1 is 1.73 bits per heavy atom. The van der Waals surface area contributed by atoms with Gasteiger partial charge in [0, 0.05) is 7.05 Å². The second-order valence-corrected chi connectivity index (χ2v) is 2.54. The maximum Gasteiger partial charge on any atom is 0.239 e. The molecule has 0 aromatic heterocycles. The lowest BCUT2D eigenvalue weighted by molar-refractivity contribution is -0.132. The number of amides is 1. The van der Waals surface area contributed by atoms with Crippen molar-refractivity contribution >= 4 is 5.91 Å². The van der Waals surface area contributed by atoms with E-state index in [9.17, 15) is 9.90 Å². The normalized spacial score (nSPS) is 36.1. The molecule has 1 rings (SSSR count). The molecule has 1 saturated heterocycles. The molecule has 5 heteroatoms. The number of carbonyl (C=O) groups is 1. The lowest BCUT2D eigenvalue weighted by Crippen LogP contribution is -2.71. The topological polar surface area (TPSA) is 81.6 Å². The molecule has 0 aromatic rings. The number of aliphatic hydroxyl groups excluding tert-OH is 2. The smallest absolute Gasteiger partial charge is 0.239 e. The molecule has 1 heterocycles. The first-order valence-electron chi connectivity index (χ1n) is 3.47. The highest BCUT2D eigenvalue weighted by Crippen LogP contribution is 2.11. The number of nitrogens with one attached hydrogen (secondary N) is 2. The SMILES string of the molecule is CNC(=O)[C@@H]1N[C@H](CO)[C@H]1O. The van der Waals surface area contributed by atoms with E-state index in [2.05, 4.69) is 10.6 Å². The Morgan fingerprint density at radius 2 is 2.36 bits per heavy atom. The fourth-order valence-electron chi connectivity index (χ4n) is 1.09. The van der Waals surface area contributed by atoms with Crippen LogP contribution in [0, 0.1) is 0 Å². The third-order valence-electron chi connectivity index (χ3n) is 1.87. The maximum absolute atomic E-state index is 10.9. The Morgan fingerprint density at radius 3 is 2.73 bits per heavy atom. The number of carbonyl (C=O) groups excluding carboxylic acids is 1. The van der Waals surface area contributed by atoms with Crippen molar-refractivity contribution in [2.45, 2.75) is 18.2 Å². The summed E-state index contributed by atoms with van der Waals surface area (Å²) in [5, 5.41) is 22.9. The Hall–Kier alpha value is -0.650. The van der Waals surface area contributed by atoms with Crippen molar-refractivity contribution in [3.8, 4) is 0 Å². The molecule has 0 radical (unpaired) electrons. The molecule has 0 spiro atoms. The van der Waals surface area contributed by atoms with Gasteiger partial charge in [0.15, 0.2) is 0 Å². The molecule has 11 heavy (non-hydrogen) atoms. The Bertz CT molecular complexity index is 162. The summed E-state index contributed by atoms with van der Waals surface area (Å²) < 4.78 is 0. The predicted octanol–water partition coefficient (Wildman–Crippen LogP) is -2.57. The van der Waals surface area contributed by atoms with Crippen LogP contribution < -0.4 is 10.6 Å². The quantitative estimate of drug-likeness (QED) is 0.358. The molecule has 0 bridgehead atoms. The van der Waals surface area contributed by atoms with Crippen LogP contribution >= 0.6 is 0 Å². The Balaban J connectivity index is 2.38. The third kappa shape index (κ3) is 1.35. The van der Waals surface area contributed by atoms with Gasteiger partial charge in [-0.25, -0.2) is 0 Å². The van der Waals surface area contributed by atoms with Gasteiger partial charge >= 0.3 is 0 Å². The second-order valence-electron chi connectivity index (χ2n) is 2.54. The van der Waals surface area contributed by atoms with Crippen molar-refractivity contribution in [1.29, 1.82) is 0 Å². The van der Waals surface area contributed by atoms with Crippen LogP contribution in [0.5, 0.6) is 0 Å². The molecule has 0 aromatic carbocycles. The zero-order chi connectivity index (χ0) is 8.43. The third-order valence-corrected chi connectivity index (χ3v) is 1.87.